The second-order valence-corrected chi connectivity index (χ2v) is 5.52. The molecule has 1 fully saturated rings. The normalized spacial score (nSPS) is 23.7. The maximum absolute atomic E-state index is 12.1. The van der Waals surface area contributed by atoms with E-state index in [4.69, 9.17) is 10.5 Å². The van der Waals surface area contributed by atoms with Crippen LogP contribution in [0.1, 0.15) is 30.1 Å². The molecule has 1 aromatic rings. The van der Waals surface area contributed by atoms with Gasteiger partial charge in [0.25, 0.3) is 5.91 Å². The van der Waals surface area contributed by atoms with Gasteiger partial charge in [-0.1, -0.05) is 15.9 Å². The predicted molar refractivity (Wildman–Crippen MR) is 74.5 cm³/mol. The second kappa shape index (κ2) is 5.71. The number of halogens is 1. The lowest BCUT2D eigenvalue weighted by molar-refractivity contribution is 0.0137. The van der Waals surface area contributed by atoms with Crippen LogP contribution in [-0.4, -0.2) is 24.7 Å². The Bertz CT molecular complexity index is 451. The fourth-order valence-electron chi connectivity index (χ4n) is 2.13. The van der Waals surface area contributed by atoms with E-state index in [1.165, 1.54) is 0 Å². The lowest BCUT2D eigenvalue weighted by Gasteiger charge is -2.28. The number of amides is 1. The van der Waals surface area contributed by atoms with Gasteiger partial charge in [-0.05, 0) is 38.0 Å². The van der Waals surface area contributed by atoms with Crippen molar-refractivity contribution >= 4 is 27.5 Å². The molecule has 0 aromatic heterocycles. The first-order valence-corrected chi connectivity index (χ1v) is 6.83. The van der Waals surface area contributed by atoms with Gasteiger partial charge in [0.15, 0.2) is 0 Å². The number of nitrogens with one attached hydrogen (secondary N) is 1. The molecule has 18 heavy (non-hydrogen) atoms. The fraction of sp³-hybridized carbons (Fsp3) is 0.462. The van der Waals surface area contributed by atoms with Crippen molar-refractivity contribution in [2.45, 2.75) is 31.9 Å². The Hall–Kier alpha value is -1.07. The SMILES string of the molecule is CC1CC(NC(=O)c2ccc(Br)cc2N)CCO1. The number of carbonyl (C=O) groups is 1. The van der Waals surface area contributed by atoms with E-state index in [0.717, 1.165) is 17.3 Å². The van der Waals surface area contributed by atoms with Gasteiger partial charge in [-0.2, -0.15) is 0 Å². The number of hydrogen-bond acceptors (Lipinski definition) is 3. The highest BCUT2D eigenvalue weighted by atomic mass is 79.9. The van der Waals surface area contributed by atoms with Gasteiger partial charge in [-0.25, -0.2) is 0 Å². The van der Waals surface area contributed by atoms with E-state index < -0.39 is 0 Å². The highest BCUT2D eigenvalue weighted by molar-refractivity contribution is 9.10. The molecule has 1 aromatic carbocycles. The van der Waals surface area contributed by atoms with Gasteiger partial charge in [-0.3, -0.25) is 4.79 Å². The molecule has 3 N–H and O–H groups in total. The smallest absolute Gasteiger partial charge is 0.253 e. The fourth-order valence-corrected chi connectivity index (χ4v) is 2.51. The number of benzene rings is 1. The van der Waals surface area contributed by atoms with E-state index in [2.05, 4.69) is 21.2 Å². The summed E-state index contributed by atoms with van der Waals surface area (Å²) in [6.07, 6.45) is 1.90. The molecule has 2 atom stereocenters. The third kappa shape index (κ3) is 3.23. The lowest BCUT2D eigenvalue weighted by atomic mass is 10.0. The largest absolute Gasteiger partial charge is 0.398 e. The highest BCUT2D eigenvalue weighted by Gasteiger charge is 2.22. The quantitative estimate of drug-likeness (QED) is 0.824. The minimum Gasteiger partial charge on any atom is -0.398 e. The third-order valence-electron chi connectivity index (χ3n) is 3.08. The van der Waals surface area contributed by atoms with Crippen molar-refractivity contribution in [3.05, 3.63) is 28.2 Å². The van der Waals surface area contributed by atoms with Gasteiger partial charge >= 0.3 is 0 Å². The summed E-state index contributed by atoms with van der Waals surface area (Å²) in [5, 5.41) is 3.01. The van der Waals surface area contributed by atoms with Gasteiger partial charge in [0.05, 0.1) is 11.7 Å². The average molecular weight is 313 g/mol. The summed E-state index contributed by atoms with van der Waals surface area (Å²) in [5.74, 6) is -0.112. The van der Waals surface area contributed by atoms with Crippen molar-refractivity contribution in [2.24, 2.45) is 0 Å². The minimum absolute atomic E-state index is 0.112. The van der Waals surface area contributed by atoms with E-state index in [0.29, 0.717) is 17.9 Å². The first-order valence-electron chi connectivity index (χ1n) is 6.03. The molecule has 1 amide bonds. The van der Waals surface area contributed by atoms with Crippen LogP contribution in [-0.2, 0) is 4.74 Å². The third-order valence-corrected chi connectivity index (χ3v) is 3.57. The van der Waals surface area contributed by atoms with E-state index >= 15 is 0 Å². The van der Waals surface area contributed by atoms with Crippen molar-refractivity contribution in [3.8, 4) is 0 Å². The van der Waals surface area contributed by atoms with Crippen LogP contribution in [0, 0.1) is 0 Å². The molecule has 1 heterocycles. The molecule has 0 spiro atoms. The molecular formula is C13H17BrN2O2. The number of ether oxygens (including phenoxy) is 1. The lowest BCUT2D eigenvalue weighted by Crippen LogP contribution is -2.41. The summed E-state index contributed by atoms with van der Waals surface area (Å²) in [6.45, 7) is 2.72. The Balaban J connectivity index is 2.03. The van der Waals surface area contributed by atoms with Crippen LogP contribution in [0.4, 0.5) is 5.69 Å². The molecule has 0 aliphatic carbocycles. The topological polar surface area (TPSA) is 64.4 Å². The van der Waals surface area contributed by atoms with Gasteiger partial charge in [-0.15, -0.1) is 0 Å². The first kappa shape index (κ1) is 13.4. The zero-order valence-electron chi connectivity index (χ0n) is 10.3. The maximum atomic E-state index is 12.1. The van der Waals surface area contributed by atoms with Crippen molar-refractivity contribution in [3.63, 3.8) is 0 Å². The van der Waals surface area contributed by atoms with E-state index in [9.17, 15) is 4.79 Å². The summed E-state index contributed by atoms with van der Waals surface area (Å²) < 4.78 is 6.32. The number of carbonyl (C=O) groups excluding carboxylic acids is 1. The van der Waals surface area contributed by atoms with Gasteiger partial charge < -0.3 is 15.8 Å². The molecule has 0 saturated carbocycles. The van der Waals surface area contributed by atoms with Gasteiger partial charge in [0, 0.05) is 22.8 Å². The van der Waals surface area contributed by atoms with Crippen LogP contribution in [0.3, 0.4) is 0 Å². The number of rotatable bonds is 2. The van der Waals surface area contributed by atoms with E-state index in [1.807, 2.05) is 13.0 Å². The second-order valence-electron chi connectivity index (χ2n) is 4.61. The van der Waals surface area contributed by atoms with Gasteiger partial charge in [0.1, 0.15) is 0 Å². The predicted octanol–water partition coefficient (Wildman–Crippen LogP) is 2.33. The van der Waals surface area contributed by atoms with Crippen LogP contribution in [0.25, 0.3) is 0 Å². The summed E-state index contributed by atoms with van der Waals surface area (Å²) in [4.78, 5) is 12.1. The molecule has 4 nitrogen and oxygen atoms in total. The van der Waals surface area contributed by atoms with Crippen LogP contribution < -0.4 is 11.1 Å². The molecule has 2 rings (SSSR count). The number of hydrogen-bond donors (Lipinski definition) is 2. The molecule has 1 saturated heterocycles. The first-order chi connectivity index (χ1) is 8.56. The van der Waals surface area contributed by atoms with Crippen molar-refractivity contribution < 1.29 is 9.53 Å². The van der Waals surface area contributed by atoms with Crippen LogP contribution in [0.15, 0.2) is 22.7 Å². The van der Waals surface area contributed by atoms with Crippen LogP contribution >= 0.6 is 15.9 Å². The Kier molecular flexibility index (Phi) is 4.24. The highest BCUT2D eigenvalue weighted by Crippen LogP contribution is 2.19. The molecule has 1 aliphatic heterocycles. The standard InChI is InChI=1S/C13H17BrN2O2/c1-8-6-10(4-5-18-8)16-13(17)11-3-2-9(14)7-12(11)15/h2-3,7-8,10H,4-6,15H2,1H3,(H,16,17). The average Bonchev–Trinajstić information content (AvgIpc) is 2.28. The van der Waals surface area contributed by atoms with E-state index in [-0.39, 0.29) is 18.1 Å². The Labute approximate surface area is 115 Å². The summed E-state index contributed by atoms with van der Waals surface area (Å²) >= 11 is 3.32. The maximum Gasteiger partial charge on any atom is 0.253 e. The number of nitrogens with two attached hydrogens (primary N) is 1. The molecule has 5 heteroatoms. The molecule has 1 aliphatic rings. The minimum atomic E-state index is -0.112. The molecule has 2 unspecified atom stereocenters. The van der Waals surface area contributed by atoms with Crippen molar-refractivity contribution in [1.82, 2.24) is 5.32 Å². The van der Waals surface area contributed by atoms with Gasteiger partial charge in [0.2, 0.25) is 0 Å². The number of anilines is 1. The monoisotopic (exact) mass is 312 g/mol. The summed E-state index contributed by atoms with van der Waals surface area (Å²) in [5.41, 5.74) is 6.85. The number of nitrogen functional groups attached to an aromatic ring is 1. The Morgan fingerprint density at radius 3 is 3.00 bits per heavy atom. The Morgan fingerprint density at radius 2 is 2.33 bits per heavy atom. The zero-order valence-corrected chi connectivity index (χ0v) is 11.9. The molecule has 98 valence electrons. The zero-order chi connectivity index (χ0) is 13.1. The molecule has 0 radical (unpaired) electrons. The van der Waals surface area contributed by atoms with E-state index in [1.54, 1.807) is 12.1 Å². The molecular weight excluding hydrogens is 296 g/mol. The van der Waals surface area contributed by atoms with Crippen LogP contribution in [0.2, 0.25) is 0 Å². The Morgan fingerprint density at radius 1 is 1.56 bits per heavy atom. The van der Waals surface area contributed by atoms with Crippen LogP contribution in [0.5, 0.6) is 0 Å². The van der Waals surface area contributed by atoms with Crippen molar-refractivity contribution in [2.75, 3.05) is 12.3 Å². The molecule has 0 bridgehead atoms. The summed E-state index contributed by atoms with van der Waals surface area (Å²) in [7, 11) is 0. The summed E-state index contributed by atoms with van der Waals surface area (Å²) in [6, 6.07) is 5.46. The van der Waals surface area contributed by atoms with Crippen molar-refractivity contribution in [1.29, 1.82) is 0 Å².